The van der Waals surface area contributed by atoms with Gasteiger partial charge in [-0.3, -0.25) is 5.41 Å². The number of nitrogens with zero attached hydrogens (tertiary/aromatic N) is 2. The van der Waals surface area contributed by atoms with Gasteiger partial charge in [-0.1, -0.05) is 5.16 Å². The van der Waals surface area contributed by atoms with Crippen LogP contribution >= 0.6 is 0 Å². The molecule has 4 nitrogen and oxygen atoms in total. The van der Waals surface area contributed by atoms with Crippen LogP contribution in [0.1, 0.15) is 12.8 Å². The third-order valence-electron chi connectivity index (χ3n) is 1.94. The Balaban J connectivity index is 2.39. The van der Waals surface area contributed by atoms with E-state index in [9.17, 15) is 0 Å². The van der Waals surface area contributed by atoms with Crippen LogP contribution in [0, 0.1) is 12.3 Å². The number of amidine groups is 1. The Morgan fingerprint density at radius 3 is 2.58 bits per heavy atom. The van der Waals surface area contributed by atoms with Crippen molar-refractivity contribution in [3.63, 3.8) is 0 Å². The van der Waals surface area contributed by atoms with Gasteiger partial charge in [-0.25, -0.2) is 0 Å². The lowest BCUT2D eigenvalue weighted by atomic mass is 10.1. The number of oxime groups is 1. The van der Waals surface area contributed by atoms with Crippen LogP contribution in [0.3, 0.4) is 0 Å². The molecule has 1 aliphatic rings. The summed E-state index contributed by atoms with van der Waals surface area (Å²) in [7, 11) is 1.56. The van der Waals surface area contributed by atoms with E-state index in [4.69, 9.17) is 5.41 Å². The summed E-state index contributed by atoms with van der Waals surface area (Å²) in [5.74, 6) is 0.395. The smallest absolute Gasteiger partial charge is 0.106 e. The van der Waals surface area contributed by atoms with E-state index in [1.165, 1.54) is 0 Å². The van der Waals surface area contributed by atoms with Crippen LogP contribution in [0.5, 0.6) is 0 Å². The highest BCUT2D eigenvalue weighted by Gasteiger charge is 2.15. The van der Waals surface area contributed by atoms with E-state index >= 15 is 0 Å². The minimum atomic E-state index is 0.395. The topological polar surface area (TPSA) is 48.7 Å². The predicted molar refractivity (Wildman–Crippen MR) is 48.3 cm³/mol. The summed E-state index contributed by atoms with van der Waals surface area (Å²) in [6, 6.07) is 0. The Bertz CT molecular complexity index is 190. The molecule has 0 aromatic carbocycles. The summed E-state index contributed by atoms with van der Waals surface area (Å²) < 4.78 is 0. The van der Waals surface area contributed by atoms with Crippen molar-refractivity contribution in [2.45, 2.75) is 12.8 Å². The summed E-state index contributed by atoms with van der Waals surface area (Å²) in [5, 5.41) is 11.2. The third kappa shape index (κ3) is 2.22. The lowest BCUT2D eigenvalue weighted by Gasteiger charge is -2.27. The molecule has 1 rings (SSSR count). The van der Waals surface area contributed by atoms with Gasteiger partial charge in [0.15, 0.2) is 0 Å². The van der Waals surface area contributed by atoms with Crippen LogP contribution in [0.4, 0.5) is 0 Å². The Morgan fingerprint density at radius 1 is 1.58 bits per heavy atom. The second-order valence-electron chi connectivity index (χ2n) is 2.77. The molecular weight excluding hydrogens is 154 g/mol. The average molecular weight is 168 g/mol. The number of nitrogens with one attached hydrogen (secondary N) is 1. The molecular formula is C8H14N3O. The van der Waals surface area contributed by atoms with E-state index in [1.54, 1.807) is 7.11 Å². The van der Waals surface area contributed by atoms with Crippen molar-refractivity contribution in [2.75, 3.05) is 20.2 Å². The van der Waals surface area contributed by atoms with Crippen LogP contribution in [-0.2, 0) is 4.84 Å². The van der Waals surface area contributed by atoms with E-state index in [-0.39, 0.29) is 0 Å². The number of likely N-dealkylation sites (tertiary alicyclic amines) is 1. The molecule has 1 heterocycles. The van der Waals surface area contributed by atoms with Crippen LogP contribution in [0.15, 0.2) is 5.16 Å². The van der Waals surface area contributed by atoms with E-state index in [0.29, 0.717) is 5.84 Å². The summed E-state index contributed by atoms with van der Waals surface area (Å²) in [6.45, 7) is 5.25. The van der Waals surface area contributed by atoms with E-state index in [0.717, 1.165) is 31.6 Å². The lowest BCUT2D eigenvalue weighted by Crippen LogP contribution is -2.37. The highest BCUT2D eigenvalue weighted by molar-refractivity contribution is 5.89. The van der Waals surface area contributed by atoms with Crippen LogP contribution in [0.25, 0.3) is 0 Å². The maximum absolute atomic E-state index is 7.30. The number of rotatable bonds is 1. The minimum absolute atomic E-state index is 0.395. The van der Waals surface area contributed by atoms with Gasteiger partial charge >= 0.3 is 0 Å². The molecule has 0 amide bonds. The molecule has 0 aromatic rings. The maximum atomic E-state index is 7.30. The van der Waals surface area contributed by atoms with E-state index in [2.05, 4.69) is 16.9 Å². The van der Waals surface area contributed by atoms with Crippen LogP contribution < -0.4 is 0 Å². The zero-order chi connectivity index (χ0) is 8.97. The number of hydrogen-bond donors (Lipinski definition) is 1. The standard InChI is InChI=1S/C8H14N3O/c1-7(9)11-5-3-8(4-6-11)10-12-2/h9H,1,3-6H2,2H3. The molecule has 1 aliphatic heterocycles. The van der Waals surface area contributed by atoms with Crippen molar-refractivity contribution in [1.29, 1.82) is 5.41 Å². The SMILES string of the molecule is [CH2]C(=N)N1CCC(=NOC)CC1. The van der Waals surface area contributed by atoms with Gasteiger partial charge in [-0.15, -0.1) is 0 Å². The molecule has 1 fully saturated rings. The van der Waals surface area contributed by atoms with Crippen molar-refractivity contribution in [2.24, 2.45) is 5.16 Å². The molecule has 0 bridgehead atoms. The largest absolute Gasteiger partial charge is 0.399 e. The van der Waals surface area contributed by atoms with Gasteiger partial charge in [0, 0.05) is 32.9 Å². The van der Waals surface area contributed by atoms with E-state index < -0.39 is 0 Å². The third-order valence-corrected chi connectivity index (χ3v) is 1.94. The average Bonchev–Trinajstić information content (AvgIpc) is 2.06. The van der Waals surface area contributed by atoms with Crippen molar-refractivity contribution in [1.82, 2.24) is 4.90 Å². The van der Waals surface area contributed by atoms with Crippen molar-refractivity contribution in [3.8, 4) is 0 Å². The van der Waals surface area contributed by atoms with Crippen molar-refractivity contribution >= 4 is 11.5 Å². The molecule has 0 spiro atoms. The van der Waals surface area contributed by atoms with Gasteiger partial charge in [0.25, 0.3) is 0 Å². The Morgan fingerprint density at radius 2 is 2.17 bits per heavy atom. The molecule has 0 atom stereocenters. The number of piperidine rings is 1. The highest BCUT2D eigenvalue weighted by atomic mass is 16.6. The first-order valence-electron chi connectivity index (χ1n) is 3.98. The summed E-state index contributed by atoms with van der Waals surface area (Å²) in [5.41, 5.74) is 1.08. The van der Waals surface area contributed by atoms with Gasteiger partial charge in [-0.05, 0) is 0 Å². The minimum Gasteiger partial charge on any atom is -0.399 e. The normalized spacial score (nSPS) is 17.5. The Kier molecular flexibility index (Phi) is 3.08. The predicted octanol–water partition coefficient (Wildman–Crippen LogP) is 0.896. The second-order valence-corrected chi connectivity index (χ2v) is 2.77. The molecule has 0 aliphatic carbocycles. The van der Waals surface area contributed by atoms with Crippen molar-refractivity contribution in [3.05, 3.63) is 6.92 Å². The molecule has 0 unspecified atom stereocenters. The van der Waals surface area contributed by atoms with Gasteiger partial charge in [0.1, 0.15) is 7.11 Å². The molecule has 12 heavy (non-hydrogen) atoms. The van der Waals surface area contributed by atoms with Gasteiger partial charge in [0.05, 0.1) is 11.5 Å². The van der Waals surface area contributed by atoms with Crippen LogP contribution in [0.2, 0.25) is 0 Å². The summed E-state index contributed by atoms with van der Waals surface area (Å²) in [4.78, 5) is 6.62. The fourth-order valence-corrected chi connectivity index (χ4v) is 1.26. The zero-order valence-electron chi connectivity index (χ0n) is 7.34. The molecule has 67 valence electrons. The first kappa shape index (κ1) is 9.03. The number of hydrogen-bond acceptors (Lipinski definition) is 3. The lowest BCUT2D eigenvalue weighted by molar-refractivity contribution is 0.209. The van der Waals surface area contributed by atoms with Crippen LogP contribution in [-0.4, -0.2) is 36.6 Å². The quantitative estimate of drug-likeness (QED) is 0.359. The molecule has 0 aromatic heterocycles. The fraction of sp³-hybridized carbons (Fsp3) is 0.625. The van der Waals surface area contributed by atoms with Crippen molar-refractivity contribution < 1.29 is 4.84 Å². The Labute approximate surface area is 72.7 Å². The molecule has 1 N–H and O–H groups in total. The van der Waals surface area contributed by atoms with Gasteiger partial charge in [-0.2, -0.15) is 0 Å². The second kappa shape index (κ2) is 4.09. The molecule has 0 saturated carbocycles. The first-order chi connectivity index (χ1) is 5.74. The molecule has 1 radical (unpaired) electrons. The summed E-state index contributed by atoms with van der Waals surface area (Å²) >= 11 is 0. The van der Waals surface area contributed by atoms with Gasteiger partial charge < -0.3 is 9.74 Å². The monoisotopic (exact) mass is 168 g/mol. The highest BCUT2D eigenvalue weighted by Crippen LogP contribution is 2.07. The summed E-state index contributed by atoms with van der Waals surface area (Å²) in [6.07, 6.45) is 1.76. The fourth-order valence-electron chi connectivity index (χ4n) is 1.26. The van der Waals surface area contributed by atoms with Gasteiger partial charge in [0.2, 0.25) is 0 Å². The molecule has 4 heteroatoms. The first-order valence-corrected chi connectivity index (χ1v) is 3.98. The maximum Gasteiger partial charge on any atom is 0.106 e. The molecule has 1 saturated heterocycles. The Hall–Kier alpha value is -1.06. The van der Waals surface area contributed by atoms with E-state index in [1.807, 2.05) is 4.90 Å². The zero-order valence-corrected chi connectivity index (χ0v) is 7.34.